The number of anilines is 2. The Labute approximate surface area is 154 Å². The van der Waals surface area contributed by atoms with Crippen LogP contribution in [0.3, 0.4) is 0 Å². The fourth-order valence-corrected chi connectivity index (χ4v) is 2.23. The second-order valence-corrected chi connectivity index (χ2v) is 5.59. The minimum absolute atomic E-state index is 0. The van der Waals surface area contributed by atoms with E-state index in [4.69, 9.17) is 15.2 Å². The molecule has 1 aromatic heterocycles. The summed E-state index contributed by atoms with van der Waals surface area (Å²) in [6.07, 6.45) is 7.69. The van der Waals surface area contributed by atoms with Crippen molar-refractivity contribution in [1.29, 1.82) is 0 Å². The van der Waals surface area contributed by atoms with E-state index in [2.05, 4.69) is 22.5 Å². The second kappa shape index (κ2) is 9.25. The van der Waals surface area contributed by atoms with Crippen LogP contribution in [0.5, 0.6) is 5.75 Å². The number of nitrogens with one attached hydrogen (secondary N) is 1. The first-order chi connectivity index (χ1) is 12.8. The molecule has 0 saturated carbocycles. The van der Waals surface area contributed by atoms with Crippen LogP contribution in [0.2, 0.25) is 0 Å². The predicted octanol–water partition coefficient (Wildman–Crippen LogP) is 4.50. The summed E-state index contributed by atoms with van der Waals surface area (Å²) < 4.78 is 10.9. The van der Waals surface area contributed by atoms with Crippen molar-refractivity contribution >= 4 is 23.5 Å². The highest BCUT2D eigenvalue weighted by atomic mass is 16.7. The molecule has 3 aromatic rings. The molecule has 3 N–H and O–H groups in total. The van der Waals surface area contributed by atoms with E-state index in [1.807, 2.05) is 48.5 Å². The molecule has 0 fully saturated rings. The molecule has 2 aromatic carbocycles. The van der Waals surface area contributed by atoms with Gasteiger partial charge in [0.25, 0.3) is 0 Å². The number of ether oxygens (including phenoxy) is 2. The Morgan fingerprint density at radius 1 is 0.885 bits per heavy atom. The summed E-state index contributed by atoms with van der Waals surface area (Å²) in [7, 11) is 0. The molecule has 0 amide bonds. The Morgan fingerprint density at radius 2 is 1.54 bits per heavy atom. The molecule has 1 heterocycles. The molecule has 0 atom stereocenters. The second-order valence-electron chi connectivity index (χ2n) is 5.59. The molecule has 0 aliphatic rings. The summed E-state index contributed by atoms with van der Waals surface area (Å²) in [6.45, 7) is 0.533. The Kier molecular flexibility index (Phi) is 6.23. The number of aromatic nitrogens is 1. The van der Waals surface area contributed by atoms with Crippen molar-refractivity contribution in [1.82, 2.24) is 4.98 Å². The maximum absolute atomic E-state index is 5.62. The van der Waals surface area contributed by atoms with E-state index in [-0.39, 0.29) is 8.22 Å². The average molecular weight is 349 g/mol. The maximum atomic E-state index is 5.62. The number of rotatable bonds is 8. The van der Waals surface area contributed by atoms with E-state index in [9.17, 15) is 0 Å². The molecule has 134 valence electrons. The van der Waals surface area contributed by atoms with E-state index >= 15 is 0 Å². The molecular formula is C21H23N3O2. The zero-order valence-electron chi connectivity index (χ0n) is 14.3. The number of nitrogen functional groups attached to an aromatic ring is 1. The minimum atomic E-state index is 0. The summed E-state index contributed by atoms with van der Waals surface area (Å²) in [4.78, 5) is 4.01. The summed E-state index contributed by atoms with van der Waals surface area (Å²) in [6, 6.07) is 19.3. The first-order valence-corrected chi connectivity index (χ1v) is 8.28. The summed E-state index contributed by atoms with van der Waals surface area (Å²) >= 11 is 0. The van der Waals surface area contributed by atoms with Crippen LogP contribution in [0.1, 0.15) is 12.6 Å². The van der Waals surface area contributed by atoms with Gasteiger partial charge in [-0.15, -0.1) is 0 Å². The van der Waals surface area contributed by atoms with Crippen LogP contribution in [-0.4, -0.2) is 18.5 Å². The number of nitrogens with two attached hydrogens (primary N) is 1. The molecule has 26 heavy (non-hydrogen) atoms. The fourth-order valence-electron chi connectivity index (χ4n) is 2.23. The van der Waals surface area contributed by atoms with Gasteiger partial charge >= 0.3 is 0 Å². The molecule has 0 saturated heterocycles. The van der Waals surface area contributed by atoms with Gasteiger partial charge in [0.2, 0.25) is 0 Å². The number of hydrogen-bond acceptors (Lipinski definition) is 5. The first kappa shape index (κ1) is 17.5. The topological polar surface area (TPSA) is 69.4 Å². The molecular weight excluding hydrogens is 326 g/mol. The molecule has 3 rings (SSSR count). The zero-order chi connectivity index (χ0) is 18.0. The zero-order valence-corrected chi connectivity index (χ0v) is 14.3. The van der Waals surface area contributed by atoms with Crippen LogP contribution in [0.4, 0.5) is 11.4 Å². The van der Waals surface area contributed by atoms with Crippen LogP contribution in [0.15, 0.2) is 73.1 Å². The van der Waals surface area contributed by atoms with Crippen LogP contribution < -0.4 is 15.8 Å². The van der Waals surface area contributed by atoms with Crippen LogP contribution in [0.25, 0.3) is 12.2 Å². The summed E-state index contributed by atoms with van der Waals surface area (Å²) in [5.74, 6) is 0.726. The van der Waals surface area contributed by atoms with E-state index in [1.54, 1.807) is 24.5 Å². The van der Waals surface area contributed by atoms with Gasteiger partial charge in [0.1, 0.15) is 12.5 Å². The third-order valence-corrected chi connectivity index (χ3v) is 3.65. The molecule has 0 spiro atoms. The third kappa shape index (κ3) is 5.65. The Balaban J connectivity index is 0.00000261. The lowest BCUT2D eigenvalue weighted by molar-refractivity contribution is 0.0251. The highest BCUT2D eigenvalue weighted by molar-refractivity contribution is 5.70. The lowest BCUT2D eigenvalue weighted by Gasteiger charge is -2.09. The fraction of sp³-hybridized carbons (Fsp3) is 0.0952. The smallest absolute Gasteiger partial charge is 0.191 e. The Morgan fingerprint density at radius 3 is 2.23 bits per heavy atom. The predicted molar refractivity (Wildman–Crippen MR) is 108 cm³/mol. The average Bonchev–Trinajstić information content (AvgIpc) is 2.69. The van der Waals surface area contributed by atoms with Crippen molar-refractivity contribution in [3.63, 3.8) is 0 Å². The van der Waals surface area contributed by atoms with Gasteiger partial charge in [0.05, 0.1) is 0 Å². The van der Waals surface area contributed by atoms with Crippen molar-refractivity contribution in [2.45, 2.75) is 0 Å². The minimum Gasteiger partial charge on any atom is -0.467 e. The van der Waals surface area contributed by atoms with Crippen LogP contribution >= 0.6 is 0 Å². The number of nitrogens with zero attached hydrogens (tertiary/aromatic N) is 1. The molecule has 0 bridgehead atoms. The van der Waals surface area contributed by atoms with Gasteiger partial charge < -0.3 is 20.5 Å². The highest BCUT2D eigenvalue weighted by Crippen LogP contribution is 2.14. The maximum Gasteiger partial charge on any atom is 0.191 e. The first-order valence-electron chi connectivity index (χ1n) is 8.28. The Hall–Kier alpha value is -3.31. The summed E-state index contributed by atoms with van der Waals surface area (Å²) in [5.41, 5.74) is 9.56. The lowest BCUT2D eigenvalue weighted by Crippen LogP contribution is -2.10. The molecule has 0 aliphatic carbocycles. The standard InChI is InChI=1S/C21H21N3O2.H2/c22-19-5-9-21(10-6-19)26-16-25-15-24-20-7-3-17(4-8-20)1-2-18-11-13-23-14-12-18;/h1-14,24H,15-16,22H2;1H/b2-1-;. The van der Waals surface area contributed by atoms with Crippen molar-refractivity contribution in [2.24, 2.45) is 0 Å². The van der Waals surface area contributed by atoms with Gasteiger partial charge in [-0.1, -0.05) is 24.3 Å². The Bertz CT molecular complexity index is 822. The van der Waals surface area contributed by atoms with Gasteiger partial charge in [-0.05, 0) is 59.7 Å². The van der Waals surface area contributed by atoms with E-state index in [0.29, 0.717) is 12.4 Å². The molecule has 5 nitrogen and oxygen atoms in total. The van der Waals surface area contributed by atoms with Crippen LogP contribution in [0, 0.1) is 0 Å². The van der Waals surface area contributed by atoms with Gasteiger partial charge in [-0.2, -0.15) is 0 Å². The SMILES string of the molecule is Nc1ccc(OCOCNc2ccc(/C=C\c3ccncc3)cc2)cc1.[HH]. The van der Waals surface area contributed by atoms with Gasteiger partial charge in [0.15, 0.2) is 6.79 Å². The molecule has 5 heteroatoms. The molecule has 0 unspecified atom stereocenters. The number of benzene rings is 2. The van der Waals surface area contributed by atoms with Crippen LogP contribution in [-0.2, 0) is 4.74 Å². The van der Waals surface area contributed by atoms with Gasteiger partial charge in [-0.25, -0.2) is 0 Å². The monoisotopic (exact) mass is 349 g/mol. The third-order valence-electron chi connectivity index (χ3n) is 3.65. The van der Waals surface area contributed by atoms with Crippen molar-refractivity contribution in [3.8, 4) is 5.75 Å². The number of pyridine rings is 1. The van der Waals surface area contributed by atoms with E-state index in [0.717, 1.165) is 22.6 Å². The summed E-state index contributed by atoms with van der Waals surface area (Å²) in [5, 5.41) is 3.19. The lowest BCUT2D eigenvalue weighted by atomic mass is 10.1. The number of hydrogen-bond donors (Lipinski definition) is 2. The normalized spacial score (nSPS) is 10.8. The van der Waals surface area contributed by atoms with E-state index < -0.39 is 0 Å². The van der Waals surface area contributed by atoms with Crippen molar-refractivity contribution in [2.75, 3.05) is 24.6 Å². The quantitative estimate of drug-likeness (QED) is 0.356. The molecule has 0 aliphatic heterocycles. The van der Waals surface area contributed by atoms with Crippen molar-refractivity contribution in [3.05, 3.63) is 84.2 Å². The highest BCUT2D eigenvalue weighted by Gasteiger charge is 1.95. The van der Waals surface area contributed by atoms with Gasteiger partial charge in [0, 0.05) is 25.2 Å². The molecule has 0 radical (unpaired) electrons. The largest absolute Gasteiger partial charge is 0.467 e. The van der Waals surface area contributed by atoms with Crippen molar-refractivity contribution < 1.29 is 10.9 Å². The van der Waals surface area contributed by atoms with Gasteiger partial charge in [-0.3, -0.25) is 4.98 Å². The van der Waals surface area contributed by atoms with E-state index in [1.165, 1.54) is 0 Å².